The molecule has 102 valence electrons. The van der Waals surface area contributed by atoms with Crippen LogP contribution in [0.25, 0.3) is 0 Å². The Morgan fingerprint density at radius 1 is 1.17 bits per heavy atom. The molecule has 2 fully saturated rings. The van der Waals surface area contributed by atoms with Crippen LogP contribution in [0, 0.1) is 0 Å². The quantitative estimate of drug-likeness (QED) is 0.609. The number of likely N-dealkylation sites (N-methyl/N-ethyl adjacent to an activating group) is 2. The average Bonchev–Trinajstić information content (AvgIpc) is 2.55. The van der Waals surface area contributed by atoms with Crippen LogP contribution in [0.4, 0.5) is 0 Å². The van der Waals surface area contributed by atoms with Gasteiger partial charge >= 0.3 is 0 Å². The molecule has 18 heavy (non-hydrogen) atoms. The molecule has 0 amide bonds. The zero-order valence-electron chi connectivity index (χ0n) is 12.7. The van der Waals surface area contributed by atoms with E-state index in [0.29, 0.717) is 17.4 Å². The molecule has 1 aliphatic heterocycles. The van der Waals surface area contributed by atoms with Crippen LogP contribution >= 0.6 is 0 Å². The molecule has 0 N–H and O–H groups in total. The summed E-state index contributed by atoms with van der Waals surface area (Å²) in [5.74, 6) is 1.17. The minimum Gasteiger partial charge on any atom is -0.341 e. The molecule has 3 nitrogen and oxygen atoms in total. The highest BCUT2D eigenvalue weighted by molar-refractivity contribution is 6.14. The van der Waals surface area contributed by atoms with Gasteiger partial charge in [0.1, 0.15) is 7.85 Å². The van der Waals surface area contributed by atoms with E-state index in [9.17, 15) is 0 Å². The summed E-state index contributed by atoms with van der Waals surface area (Å²) in [6, 6.07) is 1.30. The molecule has 1 saturated heterocycles. The summed E-state index contributed by atoms with van der Waals surface area (Å²) in [7, 11) is 8.79. The highest BCUT2D eigenvalue weighted by atomic mass is 15.4. The smallest absolute Gasteiger partial charge is 0.196 e. The van der Waals surface area contributed by atoms with E-state index in [1.165, 1.54) is 44.5 Å². The number of guanidine groups is 1. The number of nitrogens with zero attached hydrogens (tertiary/aromatic N) is 3. The molecule has 4 heteroatoms. The summed E-state index contributed by atoms with van der Waals surface area (Å²) in [6.07, 6.45) is 8.13. The molecule has 1 heterocycles. The molecule has 3 unspecified atom stereocenters. The Bertz CT molecular complexity index is 327. The fourth-order valence-electron chi connectivity index (χ4n) is 3.84. The van der Waals surface area contributed by atoms with Gasteiger partial charge in [-0.05, 0) is 12.8 Å². The van der Waals surface area contributed by atoms with Crippen LogP contribution < -0.4 is 0 Å². The zero-order valence-corrected chi connectivity index (χ0v) is 12.7. The van der Waals surface area contributed by atoms with Crippen molar-refractivity contribution in [1.82, 2.24) is 9.80 Å². The van der Waals surface area contributed by atoms with E-state index in [4.69, 9.17) is 0 Å². The molecule has 0 radical (unpaired) electrons. The Labute approximate surface area is 113 Å². The highest BCUT2D eigenvalue weighted by Gasteiger charge is 2.42. The lowest BCUT2D eigenvalue weighted by molar-refractivity contribution is 0.257. The number of hydrogen-bond acceptors (Lipinski definition) is 1. The lowest BCUT2D eigenvalue weighted by Crippen LogP contribution is -2.37. The van der Waals surface area contributed by atoms with E-state index in [1.54, 1.807) is 0 Å². The van der Waals surface area contributed by atoms with Gasteiger partial charge in [0.15, 0.2) is 5.96 Å². The lowest BCUT2D eigenvalue weighted by Gasteiger charge is -2.32. The molecule has 1 saturated carbocycles. The van der Waals surface area contributed by atoms with Crippen molar-refractivity contribution in [3.05, 3.63) is 0 Å². The second-order valence-corrected chi connectivity index (χ2v) is 6.85. The summed E-state index contributed by atoms with van der Waals surface area (Å²) in [5.41, 5.74) is 0. The minimum absolute atomic E-state index is 0.464. The lowest BCUT2D eigenvalue weighted by atomic mass is 9.63. The second kappa shape index (κ2) is 5.14. The van der Waals surface area contributed by atoms with Crippen molar-refractivity contribution >= 4 is 13.8 Å². The van der Waals surface area contributed by atoms with Gasteiger partial charge < -0.3 is 9.80 Å². The summed E-state index contributed by atoms with van der Waals surface area (Å²) in [6.45, 7) is 2.43. The monoisotopic (exact) mass is 249 g/mol. The van der Waals surface area contributed by atoms with Gasteiger partial charge in [-0.25, -0.2) is 0 Å². The van der Waals surface area contributed by atoms with Crippen molar-refractivity contribution in [2.45, 2.75) is 62.8 Å². The van der Waals surface area contributed by atoms with Crippen LogP contribution in [0.2, 0.25) is 5.31 Å². The summed E-state index contributed by atoms with van der Waals surface area (Å²) in [4.78, 5) is 9.30. The fraction of sp³-hybridized carbons (Fsp3) is 0.929. The Morgan fingerprint density at radius 2 is 1.83 bits per heavy atom. The standard InChI is InChI=1S/C14H28BN3/c1-14(15)9-7-5-6-8-11-12(10-14)18(4)13(16-2)17(11)3/h11-12H,5-10,15H2,1-4H3/b16-13-. The van der Waals surface area contributed by atoms with Gasteiger partial charge in [0.2, 0.25) is 0 Å². The Hall–Kier alpha value is -0.665. The van der Waals surface area contributed by atoms with Crippen LogP contribution in [-0.4, -0.2) is 56.8 Å². The minimum atomic E-state index is 0.464. The normalized spacial score (nSPS) is 40.3. The molecule has 0 spiro atoms. The topological polar surface area (TPSA) is 18.8 Å². The largest absolute Gasteiger partial charge is 0.341 e. The first-order valence-corrected chi connectivity index (χ1v) is 7.39. The first kappa shape index (κ1) is 13.8. The first-order valence-electron chi connectivity index (χ1n) is 7.39. The molecule has 0 aromatic carbocycles. The Kier molecular flexibility index (Phi) is 3.93. The highest BCUT2D eigenvalue weighted by Crippen LogP contribution is 2.40. The van der Waals surface area contributed by atoms with Gasteiger partial charge in [-0.1, -0.05) is 37.9 Å². The van der Waals surface area contributed by atoms with Crippen molar-refractivity contribution < 1.29 is 0 Å². The van der Waals surface area contributed by atoms with E-state index in [-0.39, 0.29) is 0 Å². The van der Waals surface area contributed by atoms with Crippen LogP contribution in [0.3, 0.4) is 0 Å². The van der Waals surface area contributed by atoms with Gasteiger partial charge in [0.05, 0.1) is 12.1 Å². The van der Waals surface area contributed by atoms with Gasteiger partial charge in [-0.2, -0.15) is 0 Å². The molecule has 0 bridgehead atoms. The van der Waals surface area contributed by atoms with E-state index in [0.717, 1.165) is 0 Å². The fourth-order valence-corrected chi connectivity index (χ4v) is 3.84. The third-order valence-electron chi connectivity index (χ3n) is 4.89. The maximum absolute atomic E-state index is 4.47. The summed E-state index contributed by atoms with van der Waals surface area (Å²) >= 11 is 0. The maximum atomic E-state index is 4.47. The van der Waals surface area contributed by atoms with Crippen LogP contribution in [0.15, 0.2) is 4.99 Å². The average molecular weight is 249 g/mol. The van der Waals surface area contributed by atoms with Crippen molar-refractivity contribution in [2.75, 3.05) is 21.1 Å². The number of rotatable bonds is 0. The van der Waals surface area contributed by atoms with E-state index < -0.39 is 0 Å². The van der Waals surface area contributed by atoms with Crippen molar-refractivity contribution in [2.24, 2.45) is 4.99 Å². The van der Waals surface area contributed by atoms with Crippen molar-refractivity contribution in [1.29, 1.82) is 0 Å². The third kappa shape index (κ3) is 2.52. The third-order valence-corrected chi connectivity index (χ3v) is 4.89. The van der Waals surface area contributed by atoms with Crippen LogP contribution in [0.5, 0.6) is 0 Å². The molecular formula is C14H28BN3. The predicted octanol–water partition coefficient (Wildman–Crippen LogP) is 1.75. The second-order valence-electron chi connectivity index (χ2n) is 6.85. The van der Waals surface area contributed by atoms with Crippen LogP contribution in [0.1, 0.15) is 45.4 Å². The summed E-state index contributed by atoms with van der Waals surface area (Å²) < 4.78 is 0. The summed E-state index contributed by atoms with van der Waals surface area (Å²) in [5, 5.41) is 0.464. The van der Waals surface area contributed by atoms with Gasteiger partial charge in [-0.3, -0.25) is 4.99 Å². The number of hydrogen-bond donors (Lipinski definition) is 0. The maximum Gasteiger partial charge on any atom is 0.196 e. The SMILES string of the molecule is BC1(C)CCCCCC2C(C1)N(C)/C(=N\C)N2C. The zero-order chi connectivity index (χ0) is 13.3. The first-order chi connectivity index (χ1) is 8.46. The van der Waals surface area contributed by atoms with E-state index in [2.05, 4.69) is 43.7 Å². The number of fused-ring (bicyclic) bond motifs is 1. The van der Waals surface area contributed by atoms with Gasteiger partial charge in [0, 0.05) is 21.1 Å². The molecule has 2 aliphatic rings. The van der Waals surface area contributed by atoms with Gasteiger partial charge in [-0.15, -0.1) is 0 Å². The van der Waals surface area contributed by atoms with Gasteiger partial charge in [0.25, 0.3) is 0 Å². The predicted molar refractivity (Wildman–Crippen MR) is 81.1 cm³/mol. The molecular weight excluding hydrogens is 221 g/mol. The van der Waals surface area contributed by atoms with Crippen molar-refractivity contribution in [3.8, 4) is 0 Å². The molecule has 0 aromatic rings. The molecule has 3 atom stereocenters. The van der Waals surface area contributed by atoms with Crippen LogP contribution in [-0.2, 0) is 0 Å². The number of aliphatic imine (C=N–C) groups is 1. The van der Waals surface area contributed by atoms with E-state index >= 15 is 0 Å². The Balaban J connectivity index is 2.24. The molecule has 0 aromatic heterocycles. The molecule has 1 aliphatic carbocycles. The Morgan fingerprint density at radius 3 is 2.50 bits per heavy atom. The molecule has 2 rings (SSSR count). The van der Waals surface area contributed by atoms with E-state index in [1.807, 2.05) is 7.05 Å². The van der Waals surface area contributed by atoms with Crippen molar-refractivity contribution in [3.63, 3.8) is 0 Å².